The van der Waals surface area contributed by atoms with Crippen LogP contribution in [0.4, 0.5) is 0 Å². The highest BCUT2D eigenvalue weighted by Crippen LogP contribution is 2.27. The van der Waals surface area contributed by atoms with Gasteiger partial charge in [0.2, 0.25) is 0 Å². The van der Waals surface area contributed by atoms with Crippen molar-refractivity contribution in [2.45, 2.75) is 65.2 Å². The van der Waals surface area contributed by atoms with E-state index in [1.54, 1.807) is 24.1 Å². The molecule has 0 saturated carbocycles. The maximum absolute atomic E-state index is 12.6. The van der Waals surface area contributed by atoms with Crippen molar-refractivity contribution in [1.82, 2.24) is 15.0 Å². The monoisotopic (exact) mass is 521 g/mol. The van der Waals surface area contributed by atoms with E-state index in [9.17, 15) is 9.90 Å². The third-order valence-electron chi connectivity index (χ3n) is 6.41. The molecule has 2 heterocycles. The molecule has 1 atom stereocenters. The normalized spacial score (nSPS) is 12.0. The molecule has 0 amide bonds. The van der Waals surface area contributed by atoms with E-state index in [2.05, 4.69) is 17.2 Å². The molecule has 0 fully saturated rings. The molecule has 2 aromatic carbocycles. The zero-order valence-corrected chi connectivity index (χ0v) is 22.2. The van der Waals surface area contributed by atoms with E-state index >= 15 is 0 Å². The van der Waals surface area contributed by atoms with Crippen molar-refractivity contribution < 1.29 is 23.7 Å². The van der Waals surface area contributed by atoms with Crippen molar-refractivity contribution in [3.63, 3.8) is 0 Å². The third kappa shape index (κ3) is 6.92. The van der Waals surface area contributed by atoms with Crippen LogP contribution in [0.2, 0.25) is 0 Å². The molecular formula is C29H35N3O6. The number of methoxy groups -OCH3 is 1. The highest BCUT2D eigenvalue weighted by Gasteiger charge is 2.14. The third-order valence-corrected chi connectivity index (χ3v) is 6.41. The molecule has 2 aromatic heterocycles. The van der Waals surface area contributed by atoms with Crippen molar-refractivity contribution in [1.29, 1.82) is 0 Å². The summed E-state index contributed by atoms with van der Waals surface area (Å²) in [4.78, 5) is 12.6. The van der Waals surface area contributed by atoms with E-state index in [0.29, 0.717) is 28.5 Å². The van der Waals surface area contributed by atoms with Gasteiger partial charge in [0.25, 0.3) is 0 Å². The second kappa shape index (κ2) is 13.1. The summed E-state index contributed by atoms with van der Waals surface area (Å²) in [5.74, 6) is 1.76. The Bertz CT molecular complexity index is 1400. The highest BCUT2D eigenvalue weighted by molar-refractivity contribution is 5.82. The van der Waals surface area contributed by atoms with Gasteiger partial charge >= 0.3 is 5.63 Å². The van der Waals surface area contributed by atoms with Crippen LogP contribution in [0.1, 0.15) is 49.4 Å². The van der Waals surface area contributed by atoms with Crippen LogP contribution in [-0.2, 0) is 19.6 Å². The molecule has 1 unspecified atom stereocenters. The predicted molar refractivity (Wildman–Crippen MR) is 144 cm³/mol. The summed E-state index contributed by atoms with van der Waals surface area (Å²) in [5, 5.41) is 19.5. The highest BCUT2D eigenvalue weighted by atomic mass is 16.5. The molecule has 202 valence electrons. The average molecular weight is 522 g/mol. The fourth-order valence-electron chi connectivity index (χ4n) is 4.33. The SMILES string of the molecule is CCCCCCc1c(C)c2ccc(OCC(O)Cn3cc(COc4ccccc4OC)nn3)cc2oc1=O. The summed E-state index contributed by atoms with van der Waals surface area (Å²) < 4.78 is 24.0. The van der Waals surface area contributed by atoms with Gasteiger partial charge < -0.3 is 23.7 Å². The summed E-state index contributed by atoms with van der Waals surface area (Å²) in [6.45, 7) is 4.59. The lowest BCUT2D eigenvalue weighted by Crippen LogP contribution is -2.24. The number of hydrogen-bond donors (Lipinski definition) is 1. The molecule has 9 nitrogen and oxygen atoms in total. The zero-order chi connectivity index (χ0) is 26.9. The molecule has 4 aromatic rings. The summed E-state index contributed by atoms with van der Waals surface area (Å²) in [6, 6.07) is 12.8. The number of unbranched alkanes of at least 4 members (excludes halogenated alkanes) is 3. The Kier molecular flexibility index (Phi) is 9.37. The van der Waals surface area contributed by atoms with Gasteiger partial charge in [0.15, 0.2) is 11.5 Å². The Balaban J connectivity index is 1.31. The number of ether oxygens (including phenoxy) is 3. The smallest absolute Gasteiger partial charge is 0.339 e. The Morgan fingerprint density at radius 2 is 1.89 bits per heavy atom. The molecule has 38 heavy (non-hydrogen) atoms. The molecule has 0 bridgehead atoms. The van der Waals surface area contributed by atoms with Crippen LogP contribution >= 0.6 is 0 Å². The van der Waals surface area contributed by atoms with Crippen LogP contribution in [0.3, 0.4) is 0 Å². The second-order valence-corrected chi connectivity index (χ2v) is 9.30. The number of aliphatic hydroxyl groups excluding tert-OH is 1. The van der Waals surface area contributed by atoms with E-state index in [1.165, 1.54) is 6.42 Å². The van der Waals surface area contributed by atoms with E-state index in [0.717, 1.165) is 42.2 Å². The van der Waals surface area contributed by atoms with Crippen LogP contribution in [0.5, 0.6) is 17.2 Å². The first-order chi connectivity index (χ1) is 18.5. The lowest BCUT2D eigenvalue weighted by molar-refractivity contribution is 0.0888. The number of aromatic nitrogens is 3. The summed E-state index contributed by atoms with van der Waals surface area (Å²) in [7, 11) is 1.59. The first-order valence-electron chi connectivity index (χ1n) is 13.0. The fourth-order valence-corrected chi connectivity index (χ4v) is 4.33. The largest absolute Gasteiger partial charge is 0.493 e. The Morgan fingerprint density at radius 1 is 1.08 bits per heavy atom. The lowest BCUT2D eigenvalue weighted by Gasteiger charge is -2.13. The zero-order valence-electron chi connectivity index (χ0n) is 22.2. The van der Waals surface area contributed by atoms with Crippen LogP contribution in [0, 0.1) is 6.92 Å². The van der Waals surface area contributed by atoms with Crippen LogP contribution in [0.25, 0.3) is 11.0 Å². The van der Waals surface area contributed by atoms with Crippen molar-refractivity contribution in [2.24, 2.45) is 0 Å². The first kappa shape index (κ1) is 27.2. The van der Waals surface area contributed by atoms with Crippen LogP contribution in [0.15, 0.2) is 57.9 Å². The number of para-hydroxylation sites is 2. The number of aryl methyl sites for hydroxylation is 1. The minimum Gasteiger partial charge on any atom is -0.493 e. The van der Waals surface area contributed by atoms with Crippen molar-refractivity contribution in [3.05, 3.63) is 75.9 Å². The maximum Gasteiger partial charge on any atom is 0.339 e. The van der Waals surface area contributed by atoms with Gasteiger partial charge in [-0.1, -0.05) is 43.5 Å². The van der Waals surface area contributed by atoms with Gasteiger partial charge in [-0.3, -0.25) is 0 Å². The van der Waals surface area contributed by atoms with Gasteiger partial charge in [0, 0.05) is 17.0 Å². The number of rotatable bonds is 14. The number of fused-ring (bicyclic) bond motifs is 1. The average Bonchev–Trinajstić information content (AvgIpc) is 3.37. The van der Waals surface area contributed by atoms with Gasteiger partial charge in [-0.05, 0) is 49.6 Å². The van der Waals surface area contributed by atoms with Crippen LogP contribution in [-0.4, -0.2) is 39.9 Å². The second-order valence-electron chi connectivity index (χ2n) is 9.30. The first-order valence-corrected chi connectivity index (χ1v) is 13.0. The molecule has 0 radical (unpaired) electrons. The summed E-state index contributed by atoms with van der Waals surface area (Å²) in [5.41, 5.74) is 2.51. The quantitative estimate of drug-likeness (QED) is 0.185. The number of aliphatic hydroxyl groups is 1. The molecule has 0 aliphatic carbocycles. The van der Waals surface area contributed by atoms with Gasteiger partial charge in [-0.15, -0.1) is 5.10 Å². The molecule has 4 rings (SSSR count). The van der Waals surface area contributed by atoms with Crippen molar-refractivity contribution in [3.8, 4) is 17.2 Å². The standard InChI is InChI=1S/C29H35N3O6/c1-4-5-6-7-10-25-20(2)24-14-13-23(15-28(24)38-29(25)34)36-19-22(33)17-32-16-21(30-31-32)18-37-27-12-9-8-11-26(27)35-3/h8-9,11-16,22,33H,4-7,10,17-19H2,1-3H3. The summed E-state index contributed by atoms with van der Waals surface area (Å²) in [6.07, 6.45) is 6.02. The van der Waals surface area contributed by atoms with Gasteiger partial charge in [0.05, 0.1) is 19.9 Å². The number of benzene rings is 2. The van der Waals surface area contributed by atoms with Gasteiger partial charge in [-0.2, -0.15) is 0 Å². The molecular weight excluding hydrogens is 486 g/mol. The van der Waals surface area contributed by atoms with Gasteiger partial charge in [0.1, 0.15) is 36.3 Å². The maximum atomic E-state index is 12.6. The van der Waals surface area contributed by atoms with Crippen molar-refractivity contribution in [2.75, 3.05) is 13.7 Å². The van der Waals surface area contributed by atoms with E-state index in [-0.39, 0.29) is 25.4 Å². The molecule has 0 aliphatic rings. The summed E-state index contributed by atoms with van der Waals surface area (Å²) >= 11 is 0. The fraction of sp³-hybridized carbons (Fsp3) is 0.414. The lowest BCUT2D eigenvalue weighted by atomic mass is 10.0. The van der Waals surface area contributed by atoms with E-state index < -0.39 is 6.10 Å². The minimum atomic E-state index is -0.824. The Hall–Kier alpha value is -3.85. The molecule has 0 spiro atoms. The van der Waals surface area contributed by atoms with Crippen LogP contribution < -0.4 is 19.8 Å². The van der Waals surface area contributed by atoms with E-state index in [4.69, 9.17) is 18.6 Å². The Morgan fingerprint density at radius 3 is 2.68 bits per heavy atom. The molecule has 0 aliphatic heterocycles. The van der Waals surface area contributed by atoms with Crippen molar-refractivity contribution >= 4 is 11.0 Å². The topological polar surface area (TPSA) is 109 Å². The molecule has 1 N–H and O–H groups in total. The molecule has 0 saturated heterocycles. The Labute approximate surface area is 222 Å². The van der Waals surface area contributed by atoms with Gasteiger partial charge in [-0.25, -0.2) is 9.48 Å². The predicted octanol–water partition coefficient (Wildman–Crippen LogP) is 4.84. The van der Waals surface area contributed by atoms with E-state index in [1.807, 2.05) is 43.3 Å². The minimum absolute atomic E-state index is 0.0388. The number of hydrogen-bond acceptors (Lipinski definition) is 8. The number of nitrogens with zero attached hydrogens (tertiary/aromatic N) is 3. The molecule has 9 heteroatoms.